The Morgan fingerprint density at radius 2 is 1.66 bits per heavy atom. The molecule has 0 saturated carbocycles. The zero-order chi connectivity index (χ0) is 22.7. The summed E-state index contributed by atoms with van der Waals surface area (Å²) < 4.78 is 17.0. The number of piperidine rings is 1. The number of aryl methyl sites for hydroxylation is 2. The van der Waals surface area contributed by atoms with E-state index in [-0.39, 0.29) is 5.56 Å². The second kappa shape index (κ2) is 9.65. The molecule has 1 aliphatic heterocycles. The number of methoxy groups -OCH3 is 2. The molecule has 1 aliphatic rings. The number of nitrogens with one attached hydrogen (secondary N) is 1. The number of ether oxygens (including phenoxy) is 3. The van der Waals surface area contributed by atoms with Crippen LogP contribution in [-0.2, 0) is 0 Å². The molecule has 0 bridgehead atoms. The van der Waals surface area contributed by atoms with Crippen LogP contribution in [0.5, 0.6) is 17.2 Å². The van der Waals surface area contributed by atoms with Crippen molar-refractivity contribution in [2.75, 3.05) is 40.5 Å². The fourth-order valence-electron chi connectivity index (χ4n) is 4.57. The summed E-state index contributed by atoms with van der Waals surface area (Å²) in [6.45, 7) is 8.10. The summed E-state index contributed by atoms with van der Waals surface area (Å²) in [6.07, 6.45) is 3.91. The molecule has 3 aromatic rings. The van der Waals surface area contributed by atoms with Gasteiger partial charge in [0.25, 0.3) is 5.56 Å². The third-order valence-corrected chi connectivity index (χ3v) is 6.21. The number of hydrogen-bond acceptors (Lipinski definition) is 5. The standard InChI is InChI=1S/C26H32N2O4/c1-17-12-19(13-18(2)25(17)32-11-10-28-8-6-5-7-9-28)22-15-20-14-21(30-3)16-23(31-4)24(20)26(29)27-22/h12-16H,5-11H2,1-4H3,(H,27,29). The van der Waals surface area contributed by atoms with Gasteiger partial charge in [-0.15, -0.1) is 0 Å². The lowest BCUT2D eigenvalue weighted by Gasteiger charge is -2.26. The first-order chi connectivity index (χ1) is 15.5. The summed E-state index contributed by atoms with van der Waals surface area (Å²) in [5, 5.41) is 1.29. The molecule has 0 aliphatic carbocycles. The van der Waals surface area contributed by atoms with Crippen LogP contribution in [0.25, 0.3) is 22.0 Å². The lowest BCUT2D eigenvalue weighted by Crippen LogP contribution is -2.33. The molecule has 170 valence electrons. The first-order valence-electron chi connectivity index (χ1n) is 11.3. The second-order valence-electron chi connectivity index (χ2n) is 8.50. The monoisotopic (exact) mass is 436 g/mol. The van der Waals surface area contributed by atoms with Gasteiger partial charge in [0, 0.05) is 18.3 Å². The SMILES string of the molecule is COc1cc(OC)c2c(=O)[nH]c(-c3cc(C)c(OCCN4CCCCC4)c(C)c3)cc2c1. The van der Waals surface area contributed by atoms with Crippen LogP contribution in [0.4, 0.5) is 0 Å². The molecule has 0 spiro atoms. The van der Waals surface area contributed by atoms with Crippen LogP contribution in [0.2, 0.25) is 0 Å². The average Bonchev–Trinajstić information content (AvgIpc) is 2.80. The van der Waals surface area contributed by atoms with Crippen molar-refractivity contribution in [2.24, 2.45) is 0 Å². The van der Waals surface area contributed by atoms with E-state index in [4.69, 9.17) is 14.2 Å². The Hall–Kier alpha value is -2.99. The number of nitrogens with zero attached hydrogens (tertiary/aromatic N) is 1. The Morgan fingerprint density at radius 3 is 2.31 bits per heavy atom. The molecule has 1 fully saturated rings. The first-order valence-corrected chi connectivity index (χ1v) is 11.3. The van der Waals surface area contributed by atoms with Crippen LogP contribution in [0, 0.1) is 13.8 Å². The van der Waals surface area contributed by atoms with Crippen molar-refractivity contribution >= 4 is 10.8 Å². The Labute approximate surface area is 189 Å². The maximum atomic E-state index is 12.9. The van der Waals surface area contributed by atoms with Crippen molar-refractivity contribution in [3.05, 3.63) is 51.8 Å². The number of fused-ring (bicyclic) bond motifs is 1. The molecule has 1 saturated heterocycles. The van der Waals surface area contributed by atoms with E-state index in [0.717, 1.165) is 40.1 Å². The predicted octanol–water partition coefficient (Wildman–Crippen LogP) is 4.69. The van der Waals surface area contributed by atoms with Crippen LogP contribution < -0.4 is 19.8 Å². The third-order valence-electron chi connectivity index (χ3n) is 6.21. The smallest absolute Gasteiger partial charge is 0.260 e. The third kappa shape index (κ3) is 4.60. The van der Waals surface area contributed by atoms with Gasteiger partial charge in [-0.2, -0.15) is 0 Å². The average molecular weight is 437 g/mol. The number of benzene rings is 2. The number of aromatic amines is 1. The number of aromatic nitrogens is 1. The van der Waals surface area contributed by atoms with Gasteiger partial charge in [-0.3, -0.25) is 9.69 Å². The van der Waals surface area contributed by atoms with Crippen molar-refractivity contribution in [3.8, 4) is 28.5 Å². The minimum atomic E-state index is -0.186. The fraction of sp³-hybridized carbons (Fsp3) is 0.423. The van der Waals surface area contributed by atoms with E-state index >= 15 is 0 Å². The zero-order valence-electron chi connectivity index (χ0n) is 19.4. The molecule has 1 aromatic heterocycles. The van der Waals surface area contributed by atoms with Gasteiger partial charge in [0.05, 0.1) is 19.6 Å². The summed E-state index contributed by atoms with van der Waals surface area (Å²) in [6, 6.07) is 9.68. The van der Waals surface area contributed by atoms with E-state index in [0.29, 0.717) is 23.5 Å². The molecule has 0 unspecified atom stereocenters. The van der Waals surface area contributed by atoms with E-state index in [1.54, 1.807) is 20.3 Å². The Morgan fingerprint density at radius 1 is 0.938 bits per heavy atom. The number of pyridine rings is 1. The molecular formula is C26H32N2O4. The van der Waals surface area contributed by atoms with Crippen molar-refractivity contribution in [3.63, 3.8) is 0 Å². The van der Waals surface area contributed by atoms with Gasteiger partial charge in [0.2, 0.25) is 0 Å². The molecule has 2 heterocycles. The normalized spacial score (nSPS) is 14.5. The van der Waals surface area contributed by atoms with Crippen LogP contribution in [0.3, 0.4) is 0 Å². The van der Waals surface area contributed by atoms with Crippen molar-refractivity contribution in [2.45, 2.75) is 33.1 Å². The van der Waals surface area contributed by atoms with Gasteiger partial charge in [-0.25, -0.2) is 0 Å². The highest BCUT2D eigenvalue weighted by atomic mass is 16.5. The van der Waals surface area contributed by atoms with Crippen molar-refractivity contribution in [1.82, 2.24) is 9.88 Å². The van der Waals surface area contributed by atoms with E-state index in [9.17, 15) is 4.79 Å². The van der Waals surface area contributed by atoms with Gasteiger partial charge in [0.1, 0.15) is 23.9 Å². The van der Waals surface area contributed by atoms with E-state index in [2.05, 4.69) is 35.9 Å². The highest BCUT2D eigenvalue weighted by Gasteiger charge is 2.15. The van der Waals surface area contributed by atoms with Gasteiger partial charge in [-0.1, -0.05) is 6.42 Å². The Bertz CT molecular complexity index is 1140. The van der Waals surface area contributed by atoms with Crippen LogP contribution >= 0.6 is 0 Å². The lowest BCUT2D eigenvalue weighted by molar-refractivity contribution is 0.182. The molecule has 1 N–H and O–H groups in total. The van der Waals surface area contributed by atoms with Gasteiger partial charge >= 0.3 is 0 Å². The van der Waals surface area contributed by atoms with Crippen LogP contribution in [0.15, 0.2) is 35.1 Å². The molecule has 2 aromatic carbocycles. The highest BCUT2D eigenvalue weighted by Crippen LogP contribution is 2.33. The summed E-state index contributed by atoms with van der Waals surface area (Å²) in [5.41, 5.74) is 3.63. The number of likely N-dealkylation sites (tertiary alicyclic amines) is 1. The topological polar surface area (TPSA) is 63.8 Å². The molecule has 0 radical (unpaired) electrons. The van der Waals surface area contributed by atoms with Crippen molar-refractivity contribution < 1.29 is 14.2 Å². The van der Waals surface area contributed by atoms with E-state index in [1.807, 2.05) is 12.1 Å². The maximum absolute atomic E-state index is 12.9. The summed E-state index contributed by atoms with van der Waals surface area (Å²) in [5.74, 6) is 2.07. The zero-order valence-corrected chi connectivity index (χ0v) is 19.4. The molecule has 6 nitrogen and oxygen atoms in total. The second-order valence-corrected chi connectivity index (χ2v) is 8.50. The van der Waals surface area contributed by atoms with Gasteiger partial charge in [0.15, 0.2) is 0 Å². The molecule has 4 rings (SSSR count). The maximum Gasteiger partial charge on any atom is 0.260 e. The lowest BCUT2D eigenvalue weighted by atomic mass is 10.0. The number of rotatable bonds is 7. The summed E-state index contributed by atoms with van der Waals surface area (Å²) in [4.78, 5) is 18.4. The Kier molecular flexibility index (Phi) is 6.70. The van der Waals surface area contributed by atoms with E-state index in [1.165, 1.54) is 32.4 Å². The largest absolute Gasteiger partial charge is 0.497 e. The van der Waals surface area contributed by atoms with Crippen LogP contribution in [0.1, 0.15) is 30.4 Å². The Balaban J connectivity index is 1.61. The molecule has 0 amide bonds. The number of hydrogen-bond donors (Lipinski definition) is 1. The minimum absolute atomic E-state index is 0.186. The molecule has 0 atom stereocenters. The fourth-order valence-corrected chi connectivity index (χ4v) is 4.57. The van der Waals surface area contributed by atoms with Gasteiger partial charge < -0.3 is 19.2 Å². The predicted molar refractivity (Wildman–Crippen MR) is 128 cm³/mol. The van der Waals surface area contributed by atoms with Crippen molar-refractivity contribution in [1.29, 1.82) is 0 Å². The summed E-state index contributed by atoms with van der Waals surface area (Å²) in [7, 11) is 3.16. The molecule has 32 heavy (non-hydrogen) atoms. The molecule has 6 heteroatoms. The first kappa shape index (κ1) is 22.2. The quantitative estimate of drug-likeness (QED) is 0.582. The minimum Gasteiger partial charge on any atom is -0.497 e. The molecular weight excluding hydrogens is 404 g/mol. The van der Waals surface area contributed by atoms with Gasteiger partial charge in [-0.05, 0) is 86.1 Å². The van der Waals surface area contributed by atoms with Crippen LogP contribution in [-0.4, -0.2) is 50.3 Å². The van der Waals surface area contributed by atoms with E-state index < -0.39 is 0 Å². The number of H-pyrrole nitrogens is 1. The summed E-state index contributed by atoms with van der Waals surface area (Å²) >= 11 is 0. The highest BCUT2D eigenvalue weighted by molar-refractivity contribution is 5.91.